The molecule has 0 spiro atoms. The lowest BCUT2D eigenvalue weighted by Gasteiger charge is -2.16. The predicted octanol–water partition coefficient (Wildman–Crippen LogP) is 3.01. The average molecular weight is 279 g/mol. The first-order valence-electron chi connectivity index (χ1n) is 6.99. The number of benzene rings is 1. The molecule has 0 radical (unpaired) electrons. The second-order valence-electron chi connectivity index (χ2n) is 5.67. The maximum absolute atomic E-state index is 12.0. The second kappa shape index (κ2) is 5.51. The molecule has 0 bridgehead atoms. The molecule has 2 unspecified atom stereocenters. The van der Waals surface area contributed by atoms with E-state index >= 15 is 0 Å². The van der Waals surface area contributed by atoms with Crippen LogP contribution in [0.1, 0.15) is 19.3 Å². The summed E-state index contributed by atoms with van der Waals surface area (Å²) in [6.45, 7) is 2.65. The number of nitrogens with zero attached hydrogens (tertiary/aromatic N) is 1. The van der Waals surface area contributed by atoms with Crippen LogP contribution in [0.2, 0.25) is 5.02 Å². The minimum absolute atomic E-state index is 0.0353. The molecule has 102 valence electrons. The predicted molar refractivity (Wildman–Crippen MR) is 77.4 cm³/mol. The van der Waals surface area contributed by atoms with Crippen molar-refractivity contribution in [2.24, 2.45) is 11.8 Å². The van der Waals surface area contributed by atoms with E-state index in [0.717, 1.165) is 24.9 Å². The first-order chi connectivity index (χ1) is 9.22. The highest BCUT2D eigenvalue weighted by molar-refractivity contribution is 6.33. The molecule has 1 saturated carbocycles. The van der Waals surface area contributed by atoms with Gasteiger partial charge in [-0.15, -0.1) is 0 Å². The lowest BCUT2D eigenvalue weighted by atomic mass is 10.0. The fourth-order valence-electron chi connectivity index (χ4n) is 3.42. The summed E-state index contributed by atoms with van der Waals surface area (Å²) in [5, 5.41) is 3.48. The smallest absolute Gasteiger partial charge is 0.238 e. The van der Waals surface area contributed by atoms with Crippen molar-refractivity contribution < 1.29 is 4.79 Å². The Morgan fingerprint density at radius 3 is 2.63 bits per heavy atom. The molecule has 1 aromatic carbocycles. The van der Waals surface area contributed by atoms with E-state index in [9.17, 15) is 4.79 Å². The molecule has 1 aliphatic carbocycles. The monoisotopic (exact) mass is 278 g/mol. The summed E-state index contributed by atoms with van der Waals surface area (Å²) in [4.78, 5) is 14.3. The minimum Gasteiger partial charge on any atom is -0.324 e. The van der Waals surface area contributed by atoms with Crippen LogP contribution < -0.4 is 5.32 Å². The number of hydrogen-bond donors (Lipinski definition) is 1. The summed E-state index contributed by atoms with van der Waals surface area (Å²) in [7, 11) is 0. The van der Waals surface area contributed by atoms with Crippen molar-refractivity contribution in [3.63, 3.8) is 0 Å². The fraction of sp³-hybridized carbons (Fsp3) is 0.533. The Morgan fingerprint density at radius 1 is 1.26 bits per heavy atom. The topological polar surface area (TPSA) is 32.3 Å². The minimum atomic E-state index is 0.0353. The van der Waals surface area contributed by atoms with Crippen molar-refractivity contribution in [2.45, 2.75) is 19.3 Å². The third-order valence-electron chi connectivity index (χ3n) is 4.32. The van der Waals surface area contributed by atoms with Gasteiger partial charge in [0.15, 0.2) is 0 Å². The van der Waals surface area contributed by atoms with Crippen LogP contribution in [0.25, 0.3) is 0 Å². The maximum Gasteiger partial charge on any atom is 0.238 e. The molecule has 2 fully saturated rings. The Morgan fingerprint density at radius 2 is 1.95 bits per heavy atom. The highest BCUT2D eigenvalue weighted by atomic mass is 35.5. The van der Waals surface area contributed by atoms with Gasteiger partial charge in [0.05, 0.1) is 17.3 Å². The van der Waals surface area contributed by atoms with Crippen molar-refractivity contribution in [2.75, 3.05) is 25.0 Å². The van der Waals surface area contributed by atoms with Crippen LogP contribution in [-0.4, -0.2) is 30.4 Å². The summed E-state index contributed by atoms with van der Waals surface area (Å²) >= 11 is 6.03. The molecule has 3 rings (SSSR count). The summed E-state index contributed by atoms with van der Waals surface area (Å²) in [6.07, 6.45) is 4.05. The third-order valence-corrected chi connectivity index (χ3v) is 4.65. The summed E-state index contributed by atoms with van der Waals surface area (Å²) < 4.78 is 0. The van der Waals surface area contributed by atoms with Crippen LogP contribution in [-0.2, 0) is 4.79 Å². The van der Waals surface area contributed by atoms with Gasteiger partial charge in [-0.25, -0.2) is 0 Å². The van der Waals surface area contributed by atoms with E-state index in [1.54, 1.807) is 6.07 Å². The number of hydrogen-bond acceptors (Lipinski definition) is 2. The van der Waals surface area contributed by atoms with Crippen molar-refractivity contribution in [1.29, 1.82) is 0 Å². The van der Waals surface area contributed by atoms with Gasteiger partial charge in [-0.05, 0) is 36.8 Å². The van der Waals surface area contributed by atoms with E-state index in [1.807, 2.05) is 18.2 Å². The molecule has 1 heterocycles. The number of fused-ring (bicyclic) bond motifs is 1. The molecule has 19 heavy (non-hydrogen) atoms. The van der Waals surface area contributed by atoms with Gasteiger partial charge in [0, 0.05) is 13.1 Å². The van der Waals surface area contributed by atoms with Gasteiger partial charge in [-0.3, -0.25) is 9.69 Å². The molecule has 2 aliphatic rings. The first-order valence-corrected chi connectivity index (χ1v) is 7.37. The van der Waals surface area contributed by atoms with Crippen molar-refractivity contribution in [3.8, 4) is 0 Å². The second-order valence-corrected chi connectivity index (χ2v) is 6.08. The van der Waals surface area contributed by atoms with E-state index in [0.29, 0.717) is 17.3 Å². The normalized spacial score (nSPS) is 26.4. The molecule has 4 heteroatoms. The van der Waals surface area contributed by atoms with E-state index < -0.39 is 0 Å². The van der Waals surface area contributed by atoms with Gasteiger partial charge < -0.3 is 5.32 Å². The van der Waals surface area contributed by atoms with E-state index in [-0.39, 0.29) is 5.91 Å². The molecule has 1 aromatic rings. The van der Waals surface area contributed by atoms with Gasteiger partial charge in [-0.1, -0.05) is 30.2 Å². The van der Waals surface area contributed by atoms with E-state index in [4.69, 9.17) is 11.6 Å². The molecule has 1 N–H and O–H groups in total. The standard InChI is InChI=1S/C15H19ClN2O/c16-13-6-1-2-7-14(13)17-15(19)10-18-8-11-4-3-5-12(11)9-18/h1-2,6-7,11-12H,3-5,8-10H2,(H,17,19). The van der Waals surface area contributed by atoms with E-state index in [1.165, 1.54) is 19.3 Å². The lowest BCUT2D eigenvalue weighted by molar-refractivity contribution is -0.117. The molecule has 2 atom stereocenters. The molecule has 1 aliphatic heterocycles. The van der Waals surface area contributed by atoms with Gasteiger partial charge in [0.1, 0.15) is 0 Å². The van der Waals surface area contributed by atoms with Gasteiger partial charge in [0.2, 0.25) is 5.91 Å². The zero-order valence-electron chi connectivity index (χ0n) is 10.9. The fourth-order valence-corrected chi connectivity index (χ4v) is 3.60. The number of likely N-dealkylation sites (tertiary alicyclic amines) is 1. The Bertz CT molecular complexity index is 465. The number of para-hydroxylation sites is 1. The van der Waals surface area contributed by atoms with Crippen LogP contribution in [0.15, 0.2) is 24.3 Å². The zero-order chi connectivity index (χ0) is 13.2. The van der Waals surface area contributed by atoms with Crippen LogP contribution in [0.5, 0.6) is 0 Å². The molecule has 3 nitrogen and oxygen atoms in total. The summed E-state index contributed by atoms with van der Waals surface area (Å²) in [5.41, 5.74) is 0.702. The number of anilines is 1. The number of nitrogens with one attached hydrogen (secondary N) is 1. The molecule has 1 saturated heterocycles. The molecular formula is C15H19ClN2O. The highest BCUT2D eigenvalue weighted by Gasteiger charge is 2.36. The number of carbonyl (C=O) groups excluding carboxylic acids is 1. The lowest BCUT2D eigenvalue weighted by Crippen LogP contribution is -2.32. The van der Waals surface area contributed by atoms with Gasteiger partial charge in [-0.2, -0.15) is 0 Å². The summed E-state index contributed by atoms with van der Waals surface area (Å²) in [5.74, 6) is 1.69. The first kappa shape index (κ1) is 12.9. The Labute approximate surface area is 118 Å². The number of amides is 1. The van der Waals surface area contributed by atoms with Crippen LogP contribution >= 0.6 is 11.6 Å². The SMILES string of the molecule is O=C(CN1CC2CCCC2C1)Nc1ccccc1Cl. The van der Waals surface area contributed by atoms with Crippen molar-refractivity contribution in [1.82, 2.24) is 4.90 Å². The Kier molecular flexibility index (Phi) is 3.76. The maximum atomic E-state index is 12.0. The highest BCUT2D eigenvalue weighted by Crippen LogP contribution is 2.37. The van der Waals surface area contributed by atoms with Gasteiger partial charge in [0.25, 0.3) is 0 Å². The average Bonchev–Trinajstić information content (AvgIpc) is 2.92. The van der Waals surface area contributed by atoms with Crippen molar-refractivity contribution >= 4 is 23.2 Å². The van der Waals surface area contributed by atoms with Crippen LogP contribution in [0.3, 0.4) is 0 Å². The Hall–Kier alpha value is -1.06. The Balaban J connectivity index is 1.53. The largest absolute Gasteiger partial charge is 0.324 e. The number of carbonyl (C=O) groups is 1. The molecule has 0 aromatic heterocycles. The number of halogens is 1. The molecule has 1 amide bonds. The van der Waals surface area contributed by atoms with Crippen LogP contribution in [0.4, 0.5) is 5.69 Å². The van der Waals surface area contributed by atoms with Crippen molar-refractivity contribution in [3.05, 3.63) is 29.3 Å². The van der Waals surface area contributed by atoms with Crippen LogP contribution in [0, 0.1) is 11.8 Å². The molecular weight excluding hydrogens is 260 g/mol. The quantitative estimate of drug-likeness (QED) is 0.922. The summed E-state index contributed by atoms with van der Waals surface area (Å²) in [6, 6.07) is 7.36. The number of rotatable bonds is 3. The third kappa shape index (κ3) is 2.93. The van der Waals surface area contributed by atoms with Gasteiger partial charge >= 0.3 is 0 Å². The zero-order valence-corrected chi connectivity index (χ0v) is 11.7. The van der Waals surface area contributed by atoms with E-state index in [2.05, 4.69) is 10.2 Å².